The van der Waals surface area contributed by atoms with Crippen LogP contribution in [0.4, 0.5) is 0 Å². The van der Waals surface area contributed by atoms with Crippen LogP contribution in [-0.2, 0) is 16.8 Å². The van der Waals surface area contributed by atoms with Gasteiger partial charge in [-0.05, 0) is 5.56 Å². The zero-order valence-electron chi connectivity index (χ0n) is 7.36. The SMILES string of the molecule is O=S(O)Cc1ccccc1.[H-].[Na+]. The van der Waals surface area contributed by atoms with Crippen LogP contribution >= 0.6 is 0 Å². The van der Waals surface area contributed by atoms with Gasteiger partial charge in [0.25, 0.3) is 0 Å². The number of rotatable bonds is 2. The Labute approximate surface area is 92.1 Å². The summed E-state index contributed by atoms with van der Waals surface area (Å²) in [5.74, 6) is 0.223. The fourth-order valence-electron chi connectivity index (χ4n) is 0.717. The van der Waals surface area contributed by atoms with E-state index in [2.05, 4.69) is 0 Å². The smallest absolute Gasteiger partial charge is 1.00 e. The third kappa shape index (κ3) is 4.71. The molecule has 0 amide bonds. The minimum Gasteiger partial charge on any atom is -1.00 e. The molecule has 0 aromatic heterocycles. The zero-order valence-corrected chi connectivity index (χ0v) is 9.17. The van der Waals surface area contributed by atoms with Gasteiger partial charge >= 0.3 is 29.6 Å². The minimum atomic E-state index is -1.72. The number of benzene rings is 1. The summed E-state index contributed by atoms with van der Waals surface area (Å²) in [5.41, 5.74) is 0.892. The van der Waals surface area contributed by atoms with Crippen LogP contribution in [0.15, 0.2) is 30.3 Å². The first-order chi connectivity index (χ1) is 4.79. The van der Waals surface area contributed by atoms with Gasteiger partial charge in [0.2, 0.25) is 0 Å². The van der Waals surface area contributed by atoms with Crippen molar-refractivity contribution in [1.82, 2.24) is 0 Å². The third-order valence-corrected chi connectivity index (χ3v) is 1.71. The Kier molecular flexibility index (Phi) is 6.09. The Balaban J connectivity index is 0. The van der Waals surface area contributed by atoms with E-state index in [0.717, 1.165) is 5.56 Å². The fraction of sp³-hybridized carbons (Fsp3) is 0.143. The summed E-state index contributed by atoms with van der Waals surface area (Å²) in [7, 11) is 0. The summed E-state index contributed by atoms with van der Waals surface area (Å²) in [6, 6.07) is 9.23. The largest absolute Gasteiger partial charge is 1.00 e. The van der Waals surface area contributed by atoms with E-state index >= 15 is 0 Å². The van der Waals surface area contributed by atoms with Crippen molar-refractivity contribution in [3.05, 3.63) is 35.9 Å². The Hall–Kier alpha value is 0.330. The summed E-state index contributed by atoms with van der Waals surface area (Å²) in [5, 5.41) is 0. The Bertz CT molecular complexity index is 230. The molecule has 1 aromatic carbocycles. The molecule has 1 rings (SSSR count). The van der Waals surface area contributed by atoms with E-state index < -0.39 is 11.1 Å². The van der Waals surface area contributed by atoms with Crippen molar-refractivity contribution in [2.75, 3.05) is 0 Å². The molecular formula is C7H9NaO2S. The van der Waals surface area contributed by atoms with Crippen LogP contribution < -0.4 is 29.6 Å². The van der Waals surface area contributed by atoms with E-state index in [1.165, 1.54) is 0 Å². The Morgan fingerprint density at radius 3 is 2.36 bits per heavy atom. The molecule has 1 aromatic rings. The van der Waals surface area contributed by atoms with Crippen molar-refractivity contribution in [1.29, 1.82) is 0 Å². The van der Waals surface area contributed by atoms with Crippen LogP contribution in [0.2, 0.25) is 0 Å². The molecule has 0 fully saturated rings. The van der Waals surface area contributed by atoms with Gasteiger partial charge in [0.15, 0.2) is 11.1 Å². The third-order valence-electron chi connectivity index (χ3n) is 1.13. The average molecular weight is 180 g/mol. The molecule has 0 saturated heterocycles. The van der Waals surface area contributed by atoms with E-state index in [0.29, 0.717) is 0 Å². The quantitative estimate of drug-likeness (QED) is 0.445. The molecule has 0 heterocycles. The van der Waals surface area contributed by atoms with Crippen LogP contribution in [0, 0.1) is 0 Å². The molecule has 4 heteroatoms. The molecule has 0 spiro atoms. The number of hydrogen-bond acceptors (Lipinski definition) is 1. The first-order valence-electron chi connectivity index (χ1n) is 2.90. The summed E-state index contributed by atoms with van der Waals surface area (Å²) in [4.78, 5) is 0. The van der Waals surface area contributed by atoms with Crippen molar-refractivity contribution in [2.24, 2.45) is 0 Å². The van der Waals surface area contributed by atoms with Gasteiger partial charge in [-0.25, -0.2) is 4.21 Å². The second-order valence-corrected chi connectivity index (χ2v) is 2.88. The van der Waals surface area contributed by atoms with Crippen molar-refractivity contribution in [2.45, 2.75) is 5.75 Å². The van der Waals surface area contributed by atoms with E-state index in [1.807, 2.05) is 30.3 Å². The van der Waals surface area contributed by atoms with Crippen molar-refractivity contribution >= 4 is 11.1 Å². The maximum atomic E-state index is 10.3. The van der Waals surface area contributed by atoms with E-state index in [9.17, 15) is 4.21 Å². The molecule has 1 unspecified atom stereocenters. The Morgan fingerprint density at radius 2 is 1.91 bits per heavy atom. The number of hydrogen-bond donors (Lipinski definition) is 1. The molecule has 1 N–H and O–H groups in total. The predicted octanol–water partition coefficient (Wildman–Crippen LogP) is -1.48. The molecule has 0 aliphatic rings. The molecule has 11 heavy (non-hydrogen) atoms. The molecule has 0 aliphatic heterocycles. The van der Waals surface area contributed by atoms with Crippen molar-refractivity contribution < 1.29 is 39.7 Å². The first kappa shape index (κ1) is 11.3. The van der Waals surface area contributed by atoms with Crippen LogP contribution in [0.1, 0.15) is 6.99 Å². The second-order valence-electron chi connectivity index (χ2n) is 1.95. The predicted molar refractivity (Wildman–Crippen MR) is 42.0 cm³/mol. The van der Waals surface area contributed by atoms with Gasteiger partial charge in [0.05, 0.1) is 5.75 Å². The van der Waals surface area contributed by atoms with Gasteiger partial charge in [0.1, 0.15) is 0 Å². The monoisotopic (exact) mass is 180 g/mol. The Morgan fingerprint density at radius 1 is 1.36 bits per heavy atom. The van der Waals surface area contributed by atoms with Crippen molar-refractivity contribution in [3.8, 4) is 0 Å². The molecule has 56 valence electrons. The van der Waals surface area contributed by atoms with E-state index in [4.69, 9.17) is 4.55 Å². The average Bonchev–Trinajstić information content (AvgIpc) is 1.88. The maximum Gasteiger partial charge on any atom is 1.00 e. The summed E-state index contributed by atoms with van der Waals surface area (Å²) in [6.07, 6.45) is 0. The van der Waals surface area contributed by atoms with Gasteiger partial charge in [0, 0.05) is 0 Å². The van der Waals surface area contributed by atoms with Crippen molar-refractivity contribution in [3.63, 3.8) is 0 Å². The summed E-state index contributed by atoms with van der Waals surface area (Å²) < 4.78 is 18.8. The normalized spacial score (nSPS) is 11.7. The molecule has 0 saturated carbocycles. The maximum absolute atomic E-state index is 10.3. The minimum absolute atomic E-state index is 0. The summed E-state index contributed by atoms with van der Waals surface area (Å²) >= 11 is -1.72. The van der Waals surface area contributed by atoms with Gasteiger partial charge in [-0.1, -0.05) is 30.3 Å². The van der Waals surface area contributed by atoms with Crippen LogP contribution in [-0.4, -0.2) is 8.76 Å². The summed E-state index contributed by atoms with van der Waals surface area (Å²) in [6.45, 7) is 0. The van der Waals surface area contributed by atoms with E-state index in [1.54, 1.807) is 0 Å². The van der Waals surface area contributed by atoms with Crippen LogP contribution in [0.5, 0.6) is 0 Å². The van der Waals surface area contributed by atoms with Gasteiger partial charge < -0.3 is 5.98 Å². The molecule has 0 radical (unpaired) electrons. The molecular weight excluding hydrogens is 171 g/mol. The second kappa shape index (κ2) is 5.91. The molecule has 1 atom stereocenters. The van der Waals surface area contributed by atoms with Gasteiger partial charge in [-0.3, -0.25) is 0 Å². The zero-order chi connectivity index (χ0) is 7.40. The van der Waals surface area contributed by atoms with Crippen LogP contribution in [0.25, 0.3) is 0 Å². The fourth-order valence-corrected chi connectivity index (χ4v) is 1.19. The molecule has 0 bridgehead atoms. The van der Waals surface area contributed by atoms with E-state index in [-0.39, 0.29) is 36.7 Å². The first-order valence-corrected chi connectivity index (χ1v) is 4.18. The van der Waals surface area contributed by atoms with Crippen LogP contribution in [0.3, 0.4) is 0 Å². The molecule has 0 aliphatic carbocycles. The van der Waals surface area contributed by atoms with Gasteiger partial charge in [-0.15, -0.1) is 0 Å². The topological polar surface area (TPSA) is 37.3 Å². The van der Waals surface area contributed by atoms with Gasteiger partial charge in [-0.2, -0.15) is 0 Å². The standard InChI is InChI=1S/C7H8O2S.Na.H/c8-10(9)6-7-4-2-1-3-5-7;;/h1-5H,6H2,(H,8,9);;/q;+1;-1. The molecule has 2 nitrogen and oxygen atoms in total.